The molecular weight excluding hydrogens is 769 g/mol. The van der Waals surface area contributed by atoms with Crippen molar-refractivity contribution in [1.29, 1.82) is 0 Å². The smallest absolute Gasteiger partial charge is 0.306 e. The number of carbonyl (C=O) groups is 3. The third-order valence-corrected chi connectivity index (χ3v) is 13.1. The van der Waals surface area contributed by atoms with Crippen molar-refractivity contribution in [2.75, 3.05) is 13.2 Å². The number of carbonyl (C=O) groups excluding carboxylic acids is 3. The zero-order chi connectivity index (χ0) is 45.4. The van der Waals surface area contributed by atoms with Crippen molar-refractivity contribution in [1.82, 2.24) is 0 Å². The van der Waals surface area contributed by atoms with Gasteiger partial charge in [-0.1, -0.05) is 272 Å². The van der Waals surface area contributed by atoms with Gasteiger partial charge in [-0.05, 0) is 31.1 Å². The van der Waals surface area contributed by atoms with E-state index in [-0.39, 0.29) is 31.1 Å². The van der Waals surface area contributed by atoms with Gasteiger partial charge < -0.3 is 14.2 Å². The molecule has 0 aliphatic carbocycles. The van der Waals surface area contributed by atoms with Crippen LogP contribution in [-0.4, -0.2) is 37.2 Å². The van der Waals surface area contributed by atoms with Crippen molar-refractivity contribution in [2.45, 2.75) is 317 Å². The zero-order valence-electron chi connectivity index (χ0n) is 42.5. The third kappa shape index (κ3) is 47.9. The number of hydrogen-bond acceptors (Lipinski definition) is 6. The van der Waals surface area contributed by atoms with E-state index < -0.39 is 6.10 Å². The summed E-state index contributed by atoms with van der Waals surface area (Å²) in [6.45, 7) is 11.4. The lowest BCUT2D eigenvalue weighted by molar-refractivity contribution is -0.167. The lowest BCUT2D eigenvalue weighted by atomic mass is 9.99. The van der Waals surface area contributed by atoms with Crippen LogP contribution in [0.3, 0.4) is 0 Å². The molecule has 0 aliphatic rings. The van der Waals surface area contributed by atoms with Gasteiger partial charge in [-0.25, -0.2) is 0 Å². The van der Waals surface area contributed by atoms with Gasteiger partial charge in [0.15, 0.2) is 6.10 Å². The molecule has 0 N–H and O–H groups in total. The average molecular weight is 877 g/mol. The first kappa shape index (κ1) is 60.4. The molecule has 0 aliphatic heterocycles. The SMILES string of the molecule is CCCCCCCCCCCC(=O)OC[C@H](COC(=O)CCCCCCCCCCCCC(C)CC)OC(=O)CCCCCCCCCCCCCCCCCCCCC(C)C. The van der Waals surface area contributed by atoms with Crippen LogP contribution in [0.25, 0.3) is 0 Å². The number of esters is 3. The van der Waals surface area contributed by atoms with Crippen molar-refractivity contribution in [3.8, 4) is 0 Å². The Morgan fingerprint density at radius 1 is 0.339 bits per heavy atom. The van der Waals surface area contributed by atoms with Crippen LogP contribution < -0.4 is 0 Å². The lowest BCUT2D eigenvalue weighted by Crippen LogP contribution is -2.30. The Morgan fingerprint density at radius 3 is 0.919 bits per heavy atom. The predicted octanol–water partition coefficient (Wildman–Crippen LogP) is 18.1. The Balaban J connectivity index is 4.21. The molecule has 62 heavy (non-hydrogen) atoms. The average Bonchev–Trinajstić information content (AvgIpc) is 3.26. The van der Waals surface area contributed by atoms with E-state index in [9.17, 15) is 14.4 Å². The molecule has 1 unspecified atom stereocenters. The molecule has 6 heteroatoms. The third-order valence-electron chi connectivity index (χ3n) is 13.1. The van der Waals surface area contributed by atoms with Gasteiger partial charge >= 0.3 is 17.9 Å². The first-order valence-corrected chi connectivity index (χ1v) is 27.8. The standard InChI is InChI=1S/C56H108O6/c1-6-8-9-10-11-24-31-36-41-46-54(57)60-49-53(50-61-55(58)47-42-37-32-27-23-22-26-30-35-40-45-52(5)7-2)62-56(59)48-43-38-33-28-21-19-17-15-13-12-14-16-18-20-25-29-34-39-44-51(3)4/h51-53H,6-50H2,1-5H3/t52?,53-/m1/s1. The first-order valence-electron chi connectivity index (χ1n) is 27.8. The summed E-state index contributed by atoms with van der Waals surface area (Å²) in [5.74, 6) is 0.882. The largest absolute Gasteiger partial charge is 0.462 e. The van der Waals surface area contributed by atoms with Crippen LogP contribution in [0, 0.1) is 11.8 Å². The van der Waals surface area contributed by atoms with Crippen molar-refractivity contribution in [3.05, 3.63) is 0 Å². The highest BCUT2D eigenvalue weighted by Gasteiger charge is 2.19. The van der Waals surface area contributed by atoms with E-state index >= 15 is 0 Å². The molecule has 0 saturated carbocycles. The van der Waals surface area contributed by atoms with E-state index in [2.05, 4.69) is 34.6 Å². The molecule has 0 fully saturated rings. The van der Waals surface area contributed by atoms with Gasteiger partial charge in [-0.15, -0.1) is 0 Å². The molecule has 0 aromatic rings. The summed E-state index contributed by atoms with van der Waals surface area (Å²) < 4.78 is 16.8. The summed E-state index contributed by atoms with van der Waals surface area (Å²) in [5, 5.41) is 0. The molecule has 0 saturated heterocycles. The van der Waals surface area contributed by atoms with Crippen molar-refractivity contribution >= 4 is 17.9 Å². The summed E-state index contributed by atoms with van der Waals surface area (Å²) in [5.41, 5.74) is 0. The molecular formula is C56H108O6. The number of hydrogen-bond donors (Lipinski definition) is 0. The Morgan fingerprint density at radius 2 is 0.613 bits per heavy atom. The predicted molar refractivity (Wildman–Crippen MR) is 266 cm³/mol. The van der Waals surface area contributed by atoms with Crippen LogP contribution in [0.4, 0.5) is 0 Å². The summed E-state index contributed by atoms with van der Waals surface area (Å²) in [6, 6.07) is 0. The Bertz CT molecular complexity index is 949. The lowest BCUT2D eigenvalue weighted by Gasteiger charge is -2.18. The molecule has 0 spiro atoms. The van der Waals surface area contributed by atoms with Crippen LogP contribution in [-0.2, 0) is 28.6 Å². The maximum Gasteiger partial charge on any atom is 0.306 e. The van der Waals surface area contributed by atoms with Crippen LogP contribution >= 0.6 is 0 Å². The van der Waals surface area contributed by atoms with Gasteiger partial charge in [0.05, 0.1) is 0 Å². The molecule has 0 heterocycles. The fourth-order valence-electron chi connectivity index (χ4n) is 8.49. The number of unbranched alkanes of at least 4 members (excludes halogenated alkanes) is 34. The maximum absolute atomic E-state index is 12.8. The molecule has 6 nitrogen and oxygen atoms in total. The molecule has 368 valence electrons. The van der Waals surface area contributed by atoms with Crippen LogP contribution in [0.15, 0.2) is 0 Å². The van der Waals surface area contributed by atoms with Gasteiger partial charge in [0.1, 0.15) is 13.2 Å². The van der Waals surface area contributed by atoms with E-state index in [1.54, 1.807) is 0 Å². The van der Waals surface area contributed by atoms with E-state index in [4.69, 9.17) is 14.2 Å². The highest BCUT2D eigenvalue weighted by atomic mass is 16.6. The van der Waals surface area contributed by atoms with E-state index in [0.717, 1.165) is 69.6 Å². The minimum absolute atomic E-state index is 0.0635. The van der Waals surface area contributed by atoms with E-state index in [1.165, 1.54) is 199 Å². The van der Waals surface area contributed by atoms with Gasteiger partial charge in [0, 0.05) is 19.3 Å². The summed E-state index contributed by atoms with van der Waals surface area (Å²) in [4.78, 5) is 38.0. The Kier molecular flexibility index (Phi) is 47.6. The maximum atomic E-state index is 12.8. The van der Waals surface area contributed by atoms with Gasteiger partial charge in [-0.2, -0.15) is 0 Å². The second-order valence-corrected chi connectivity index (χ2v) is 19.9. The molecule has 0 aromatic carbocycles. The van der Waals surface area contributed by atoms with Crippen molar-refractivity contribution in [2.24, 2.45) is 11.8 Å². The van der Waals surface area contributed by atoms with Crippen LogP contribution in [0.5, 0.6) is 0 Å². The highest BCUT2D eigenvalue weighted by Crippen LogP contribution is 2.18. The zero-order valence-corrected chi connectivity index (χ0v) is 42.5. The highest BCUT2D eigenvalue weighted by molar-refractivity contribution is 5.71. The van der Waals surface area contributed by atoms with Gasteiger partial charge in [0.25, 0.3) is 0 Å². The van der Waals surface area contributed by atoms with E-state index in [0.29, 0.717) is 19.3 Å². The first-order chi connectivity index (χ1) is 30.3. The molecule has 2 atom stereocenters. The summed E-state index contributed by atoms with van der Waals surface area (Å²) in [7, 11) is 0. The van der Waals surface area contributed by atoms with Crippen LogP contribution in [0.2, 0.25) is 0 Å². The molecule has 0 rings (SSSR count). The Labute approximate surface area is 387 Å². The number of ether oxygens (including phenoxy) is 3. The van der Waals surface area contributed by atoms with Crippen molar-refractivity contribution < 1.29 is 28.6 Å². The normalized spacial score (nSPS) is 12.5. The van der Waals surface area contributed by atoms with Crippen LogP contribution in [0.1, 0.15) is 311 Å². The Hall–Kier alpha value is -1.59. The fourth-order valence-corrected chi connectivity index (χ4v) is 8.49. The minimum Gasteiger partial charge on any atom is -0.462 e. The monoisotopic (exact) mass is 877 g/mol. The molecule has 0 amide bonds. The molecule has 0 bridgehead atoms. The summed E-state index contributed by atoms with van der Waals surface area (Å²) in [6.07, 6.45) is 50.9. The summed E-state index contributed by atoms with van der Waals surface area (Å²) >= 11 is 0. The van der Waals surface area contributed by atoms with Gasteiger partial charge in [-0.3, -0.25) is 14.4 Å². The fraction of sp³-hybridized carbons (Fsp3) is 0.946. The minimum atomic E-state index is -0.761. The van der Waals surface area contributed by atoms with E-state index in [1.807, 2.05) is 0 Å². The second kappa shape index (κ2) is 48.9. The second-order valence-electron chi connectivity index (χ2n) is 19.9. The molecule has 0 aromatic heterocycles. The number of rotatable bonds is 50. The quantitative estimate of drug-likeness (QED) is 0.0344. The van der Waals surface area contributed by atoms with Gasteiger partial charge in [0.2, 0.25) is 0 Å². The molecule has 0 radical (unpaired) electrons. The topological polar surface area (TPSA) is 78.9 Å². The van der Waals surface area contributed by atoms with Crippen molar-refractivity contribution in [3.63, 3.8) is 0 Å².